The Hall–Kier alpha value is -2.00. The summed E-state index contributed by atoms with van der Waals surface area (Å²) in [7, 11) is 0. The first-order valence-corrected chi connectivity index (χ1v) is 8.24. The molecule has 0 bridgehead atoms. The number of ether oxygens (including phenoxy) is 1. The topological polar surface area (TPSA) is 74.4 Å². The molecular weight excluding hydrogens is 337 g/mol. The number of benzene rings is 1. The van der Waals surface area contributed by atoms with Gasteiger partial charge in [0, 0.05) is 17.8 Å². The van der Waals surface area contributed by atoms with Gasteiger partial charge in [-0.15, -0.1) is 13.2 Å². The average molecular weight is 358 g/mol. The molecule has 1 aliphatic heterocycles. The molecule has 4 N–H and O–H groups in total. The van der Waals surface area contributed by atoms with Crippen LogP contribution in [-0.2, 0) is 0 Å². The fourth-order valence-corrected chi connectivity index (χ4v) is 3.01. The first-order valence-electron chi connectivity index (χ1n) is 8.24. The molecule has 3 rings (SSSR count). The van der Waals surface area contributed by atoms with Crippen LogP contribution in [0.25, 0.3) is 0 Å². The highest BCUT2D eigenvalue weighted by molar-refractivity contribution is 5.89. The van der Waals surface area contributed by atoms with Crippen molar-refractivity contribution < 1.29 is 22.7 Å². The average Bonchev–Trinajstić information content (AvgIpc) is 3.31. The normalized spacial score (nSPS) is 26.8. The van der Waals surface area contributed by atoms with Crippen molar-refractivity contribution in [2.45, 2.75) is 50.9 Å². The van der Waals surface area contributed by atoms with Crippen LogP contribution in [0.2, 0.25) is 0 Å². The number of hydrogen-bond donors (Lipinski definition) is 4. The summed E-state index contributed by atoms with van der Waals surface area (Å²) in [5, 5.41) is 12.0. The summed E-state index contributed by atoms with van der Waals surface area (Å²) < 4.78 is 40.1. The standard InChI is InChI=1S/C16H21F3N4O2/c1-9-8-13(10-2-3-10)22-14(20-9)23-15(24)21-11-4-6-12(7-5-11)25-16(17,18)19/h4-7,9-10,13-14,20,22H,2-3,8H2,1H3,(H2,21,23,24). The lowest BCUT2D eigenvalue weighted by Crippen LogP contribution is -2.65. The summed E-state index contributed by atoms with van der Waals surface area (Å²) in [4.78, 5) is 12.1. The molecule has 0 spiro atoms. The van der Waals surface area contributed by atoms with Crippen molar-refractivity contribution in [3.63, 3.8) is 0 Å². The molecule has 1 saturated carbocycles. The Morgan fingerprint density at radius 2 is 1.88 bits per heavy atom. The third kappa shape index (κ3) is 5.50. The van der Waals surface area contributed by atoms with Gasteiger partial charge >= 0.3 is 12.4 Å². The number of carbonyl (C=O) groups is 1. The van der Waals surface area contributed by atoms with E-state index in [1.54, 1.807) is 0 Å². The summed E-state index contributed by atoms with van der Waals surface area (Å²) in [5.74, 6) is 0.341. The van der Waals surface area contributed by atoms with Crippen molar-refractivity contribution in [2.24, 2.45) is 5.92 Å². The third-order valence-corrected chi connectivity index (χ3v) is 4.25. The predicted octanol–water partition coefficient (Wildman–Crippen LogP) is 2.74. The van der Waals surface area contributed by atoms with Gasteiger partial charge < -0.3 is 15.4 Å². The van der Waals surface area contributed by atoms with E-state index in [9.17, 15) is 18.0 Å². The van der Waals surface area contributed by atoms with Crippen LogP contribution in [0.3, 0.4) is 0 Å². The van der Waals surface area contributed by atoms with Crippen LogP contribution in [0, 0.1) is 5.92 Å². The molecule has 1 aromatic carbocycles. The summed E-state index contributed by atoms with van der Waals surface area (Å²) in [6.45, 7) is 2.07. The number of hydrogen-bond acceptors (Lipinski definition) is 4. The Balaban J connectivity index is 1.50. The molecule has 2 fully saturated rings. The molecule has 0 aromatic heterocycles. The molecule has 25 heavy (non-hydrogen) atoms. The van der Waals surface area contributed by atoms with Crippen LogP contribution in [0.5, 0.6) is 5.75 Å². The van der Waals surface area contributed by atoms with Crippen molar-refractivity contribution in [3.8, 4) is 5.75 Å². The highest BCUT2D eigenvalue weighted by Gasteiger charge is 2.36. The number of rotatable bonds is 4. The van der Waals surface area contributed by atoms with Crippen molar-refractivity contribution >= 4 is 11.7 Å². The van der Waals surface area contributed by atoms with Gasteiger partial charge in [0.1, 0.15) is 12.0 Å². The van der Waals surface area contributed by atoms with Gasteiger partial charge in [-0.05, 0) is 56.4 Å². The number of halogens is 3. The van der Waals surface area contributed by atoms with Gasteiger partial charge in [-0.1, -0.05) is 0 Å². The van der Waals surface area contributed by atoms with Crippen LogP contribution in [0.4, 0.5) is 23.7 Å². The van der Waals surface area contributed by atoms with Crippen LogP contribution < -0.4 is 26.0 Å². The first kappa shape index (κ1) is 17.8. The fraction of sp³-hybridized carbons (Fsp3) is 0.562. The Morgan fingerprint density at radius 3 is 2.48 bits per heavy atom. The van der Waals surface area contributed by atoms with Gasteiger partial charge in [-0.2, -0.15) is 0 Å². The molecule has 1 heterocycles. The van der Waals surface area contributed by atoms with E-state index in [0.29, 0.717) is 17.6 Å². The highest BCUT2D eigenvalue weighted by atomic mass is 19.4. The SMILES string of the molecule is CC1CC(C2CC2)NC(NC(=O)Nc2ccc(OC(F)(F)F)cc2)N1. The summed E-state index contributed by atoms with van der Waals surface area (Å²) >= 11 is 0. The van der Waals surface area contributed by atoms with Gasteiger partial charge in [0.2, 0.25) is 0 Å². The molecule has 0 radical (unpaired) electrons. The molecule has 6 nitrogen and oxygen atoms in total. The molecule has 2 aliphatic rings. The zero-order chi connectivity index (χ0) is 18.0. The fourth-order valence-electron chi connectivity index (χ4n) is 3.01. The van der Waals surface area contributed by atoms with E-state index in [0.717, 1.165) is 18.6 Å². The van der Waals surface area contributed by atoms with Crippen molar-refractivity contribution in [3.05, 3.63) is 24.3 Å². The van der Waals surface area contributed by atoms with Gasteiger partial charge in [-0.25, -0.2) is 4.79 Å². The maximum atomic E-state index is 12.1. The molecule has 1 aliphatic carbocycles. The second-order valence-corrected chi connectivity index (χ2v) is 6.52. The minimum Gasteiger partial charge on any atom is -0.406 e. The Morgan fingerprint density at radius 1 is 1.20 bits per heavy atom. The lowest BCUT2D eigenvalue weighted by Gasteiger charge is -2.36. The van der Waals surface area contributed by atoms with Crippen molar-refractivity contribution in [1.82, 2.24) is 16.0 Å². The lowest BCUT2D eigenvalue weighted by molar-refractivity contribution is -0.274. The van der Waals surface area contributed by atoms with Gasteiger partial charge in [0.15, 0.2) is 0 Å². The number of carbonyl (C=O) groups excluding carboxylic acids is 1. The Labute approximate surface area is 143 Å². The number of nitrogens with one attached hydrogen (secondary N) is 4. The van der Waals surface area contributed by atoms with Crippen LogP contribution in [-0.4, -0.2) is 30.8 Å². The first-order chi connectivity index (χ1) is 11.8. The second kappa shape index (κ2) is 7.09. The molecule has 9 heteroatoms. The van der Waals surface area contributed by atoms with Crippen LogP contribution in [0.15, 0.2) is 24.3 Å². The quantitative estimate of drug-likeness (QED) is 0.668. The summed E-state index contributed by atoms with van der Waals surface area (Å²) in [5.41, 5.74) is 0.370. The summed E-state index contributed by atoms with van der Waals surface area (Å²) in [6.07, 6.45) is -1.63. The highest BCUT2D eigenvalue weighted by Crippen LogP contribution is 2.35. The minimum absolute atomic E-state index is 0.288. The molecule has 1 saturated heterocycles. The molecule has 2 amide bonds. The molecular formula is C16H21F3N4O2. The second-order valence-electron chi connectivity index (χ2n) is 6.52. The van der Waals surface area contributed by atoms with Gasteiger partial charge in [0.05, 0.1) is 0 Å². The van der Waals surface area contributed by atoms with E-state index in [2.05, 4.69) is 32.9 Å². The Bertz CT molecular complexity index is 604. The number of alkyl halides is 3. The van der Waals surface area contributed by atoms with E-state index in [1.807, 2.05) is 0 Å². The van der Waals surface area contributed by atoms with E-state index in [1.165, 1.54) is 25.0 Å². The largest absolute Gasteiger partial charge is 0.573 e. The molecule has 138 valence electrons. The van der Waals surface area contributed by atoms with Crippen LogP contribution in [0.1, 0.15) is 26.2 Å². The minimum atomic E-state index is -4.74. The maximum absolute atomic E-state index is 12.1. The van der Waals surface area contributed by atoms with E-state index in [-0.39, 0.29) is 18.1 Å². The van der Waals surface area contributed by atoms with Crippen molar-refractivity contribution in [2.75, 3.05) is 5.32 Å². The number of anilines is 1. The van der Waals surface area contributed by atoms with Gasteiger partial charge in [0.25, 0.3) is 0 Å². The zero-order valence-electron chi connectivity index (χ0n) is 13.7. The van der Waals surface area contributed by atoms with E-state index >= 15 is 0 Å². The monoisotopic (exact) mass is 358 g/mol. The predicted molar refractivity (Wildman–Crippen MR) is 85.9 cm³/mol. The molecule has 1 aromatic rings. The number of urea groups is 1. The smallest absolute Gasteiger partial charge is 0.406 e. The lowest BCUT2D eigenvalue weighted by atomic mass is 10.0. The number of amides is 2. The van der Waals surface area contributed by atoms with Gasteiger partial charge in [-0.3, -0.25) is 10.6 Å². The molecule has 3 unspecified atom stereocenters. The maximum Gasteiger partial charge on any atom is 0.573 e. The van der Waals surface area contributed by atoms with E-state index < -0.39 is 12.4 Å². The molecule has 3 atom stereocenters. The van der Waals surface area contributed by atoms with E-state index in [4.69, 9.17) is 0 Å². The third-order valence-electron chi connectivity index (χ3n) is 4.25. The summed E-state index contributed by atoms with van der Waals surface area (Å²) in [6, 6.07) is 5.21. The Kier molecular flexibility index (Phi) is 5.05. The zero-order valence-corrected chi connectivity index (χ0v) is 13.7. The van der Waals surface area contributed by atoms with Crippen LogP contribution >= 0.6 is 0 Å². The van der Waals surface area contributed by atoms with Crippen molar-refractivity contribution in [1.29, 1.82) is 0 Å².